The molecule has 0 radical (unpaired) electrons. The predicted octanol–water partition coefficient (Wildman–Crippen LogP) is 3.73. The molecule has 0 amide bonds. The van der Waals surface area contributed by atoms with Crippen molar-refractivity contribution < 1.29 is 18.4 Å². The van der Waals surface area contributed by atoms with E-state index >= 15 is 0 Å². The maximum atomic E-state index is 12.8. The van der Waals surface area contributed by atoms with Gasteiger partial charge in [0.05, 0.1) is 21.2 Å². The second-order valence-corrected chi connectivity index (χ2v) is 9.25. The maximum absolute atomic E-state index is 12.8. The van der Waals surface area contributed by atoms with Crippen molar-refractivity contribution in [2.75, 3.05) is 16.2 Å². The van der Waals surface area contributed by atoms with Gasteiger partial charge in [-0.15, -0.1) is 11.3 Å². The highest BCUT2D eigenvalue weighted by molar-refractivity contribution is 7.92. The van der Waals surface area contributed by atoms with E-state index in [0.29, 0.717) is 12.2 Å². The number of anilines is 2. The van der Waals surface area contributed by atoms with Crippen molar-refractivity contribution in [3.63, 3.8) is 0 Å². The van der Waals surface area contributed by atoms with Gasteiger partial charge in [0.15, 0.2) is 5.75 Å². The number of nitro groups is 1. The Morgan fingerprint density at radius 3 is 2.76 bits per heavy atom. The molecule has 0 spiro atoms. The van der Waals surface area contributed by atoms with E-state index in [9.17, 15) is 23.6 Å². The number of fused-ring (bicyclic) bond motifs is 1. The first-order valence-electron chi connectivity index (χ1n) is 8.74. The summed E-state index contributed by atoms with van der Waals surface area (Å²) in [6, 6.07) is 12.1. The molecule has 1 aromatic heterocycles. The molecule has 8 nitrogen and oxygen atoms in total. The van der Waals surface area contributed by atoms with Gasteiger partial charge in [0.2, 0.25) is 0 Å². The molecule has 0 saturated heterocycles. The minimum atomic E-state index is -4.09. The van der Waals surface area contributed by atoms with E-state index in [1.165, 1.54) is 10.4 Å². The van der Waals surface area contributed by atoms with Crippen molar-refractivity contribution in [3.8, 4) is 5.75 Å². The molecule has 10 heteroatoms. The Kier molecular flexibility index (Phi) is 4.89. The van der Waals surface area contributed by atoms with Crippen LogP contribution in [0.5, 0.6) is 5.75 Å². The van der Waals surface area contributed by atoms with Crippen LogP contribution in [-0.4, -0.2) is 25.0 Å². The number of nitro benzene ring substituents is 1. The molecule has 150 valence electrons. The van der Waals surface area contributed by atoms with Crippen LogP contribution in [0.2, 0.25) is 0 Å². The summed E-state index contributed by atoms with van der Waals surface area (Å²) >= 11 is 1.73. The highest BCUT2D eigenvalue weighted by atomic mass is 32.2. The van der Waals surface area contributed by atoms with E-state index in [1.807, 2.05) is 12.1 Å². The van der Waals surface area contributed by atoms with Crippen LogP contribution in [0.3, 0.4) is 0 Å². The highest BCUT2D eigenvalue weighted by Crippen LogP contribution is 2.34. The Hall–Kier alpha value is -3.11. The smallest absolute Gasteiger partial charge is 0.312 e. The Morgan fingerprint density at radius 1 is 1.17 bits per heavy atom. The fourth-order valence-corrected chi connectivity index (χ4v) is 5.29. The van der Waals surface area contributed by atoms with E-state index in [0.717, 1.165) is 36.9 Å². The average Bonchev–Trinajstić information content (AvgIpc) is 3.16. The number of hydrogen-bond acceptors (Lipinski definition) is 7. The highest BCUT2D eigenvalue weighted by Gasteiger charge is 2.24. The van der Waals surface area contributed by atoms with Gasteiger partial charge in [-0.3, -0.25) is 14.8 Å². The second-order valence-electron chi connectivity index (χ2n) is 6.57. The minimum Gasteiger partial charge on any atom is -0.502 e. The summed E-state index contributed by atoms with van der Waals surface area (Å²) in [4.78, 5) is 13.3. The molecular weight excluding hydrogens is 414 g/mol. The van der Waals surface area contributed by atoms with Gasteiger partial charge >= 0.3 is 5.69 Å². The number of hydrogen-bond donors (Lipinski definition) is 2. The molecule has 2 N–H and O–H groups in total. The number of phenolic OH excluding ortho intramolecular Hbond substituents is 1. The van der Waals surface area contributed by atoms with Crippen LogP contribution in [-0.2, 0) is 23.0 Å². The number of aromatic hydroxyl groups is 1. The van der Waals surface area contributed by atoms with Gasteiger partial charge in [0.1, 0.15) is 0 Å². The third kappa shape index (κ3) is 3.76. The molecule has 0 aliphatic carbocycles. The molecule has 3 aromatic rings. The van der Waals surface area contributed by atoms with E-state index in [1.54, 1.807) is 23.5 Å². The van der Waals surface area contributed by atoms with Crippen molar-refractivity contribution in [1.82, 2.24) is 0 Å². The van der Waals surface area contributed by atoms with Gasteiger partial charge in [-0.25, -0.2) is 8.42 Å². The van der Waals surface area contributed by atoms with E-state index < -0.39 is 26.4 Å². The molecule has 2 heterocycles. The Morgan fingerprint density at radius 2 is 1.97 bits per heavy atom. The van der Waals surface area contributed by atoms with Crippen LogP contribution in [0.25, 0.3) is 0 Å². The number of phenols is 1. The minimum absolute atomic E-state index is 0.296. The van der Waals surface area contributed by atoms with Gasteiger partial charge in [0, 0.05) is 24.0 Å². The molecule has 29 heavy (non-hydrogen) atoms. The van der Waals surface area contributed by atoms with Crippen molar-refractivity contribution >= 4 is 38.4 Å². The summed E-state index contributed by atoms with van der Waals surface area (Å²) in [5.74, 6) is -0.589. The Labute approximate surface area is 171 Å². The summed E-state index contributed by atoms with van der Waals surface area (Å²) in [6.45, 7) is 1.44. The van der Waals surface area contributed by atoms with E-state index in [4.69, 9.17) is 0 Å². The van der Waals surface area contributed by atoms with Crippen LogP contribution in [0.15, 0.2) is 58.8 Å². The summed E-state index contributed by atoms with van der Waals surface area (Å²) in [6.07, 6.45) is 0.887. The largest absolute Gasteiger partial charge is 0.502 e. The lowest BCUT2D eigenvalue weighted by molar-refractivity contribution is -0.386. The number of thiophene rings is 1. The van der Waals surface area contributed by atoms with Gasteiger partial charge in [-0.2, -0.15) is 0 Å². The molecular formula is C19H17N3O5S2. The zero-order chi connectivity index (χ0) is 20.6. The molecule has 1 aliphatic rings. The van der Waals surface area contributed by atoms with Crippen LogP contribution >= 0.6 is 11.3 Å². The van der Waals surface area contributed by atoms with Gasteiger partial charge in [-0.1, -0.05) is 12.1 Å². The molecule has 0 fully saturated rings. The summed E-state index contributed by atoms with van der Waals surface area (Å²) < 4.78 is 28.2. The SMILES string of the molecule is O=[N+]([O-])c1cc(S(=O)(=O)Nc2ccccc2N2CCc3sccc3C2)ccc1O. The number of benzene rings is 2. The van der Waals surface area contributed by atoms with Gasteiger partial charge < -0.3 is 10.0 Å². The standard InChI is InChI=1S/C19H17N3O5S2/c23-18-6-5-14(11-17(18)22(24)25)29(26,27)20-15-3-1-2-4-16(15)21-9-7-19-13(12-21)8-10-28-19/h1-6,8,10-11,20,23H,7,9,12H2. The Balaban J connectivity index is 1.65. The first kappa shape index (κ1) is 19.2. The second kappa shape index (κ2) is 7.37. The zero-order valence-corrected chi connectivity index (χ0v) is 16.7. The lowest BCUT2D eigenvalue weighted by Crippen LogP contribution is -2.30. The summed E-state index contributed by atoms with van der Waals surface area (Å²) in [7, 11) is -4.09. The first-order valence-corrected chi connectivity index (χ1v) is 11.1. The molecule has 1 aliphatic heterocycles. The van der Waals surface area contributed by atoms with E-state index in [2.05, 4.69) is 21.1 Å². The fraction of sp³-hybridized carbons (Fsp3) is 0.158. The summed E-state index contributed by atoms with van der Waals surface area (Å²) in [5, 5.41) is 22.7. The van der Waals surface area contributed by atoms with Gasteiger partial charge in [-0.05, 0) is 47.7 Å². The monoisotopic (exact) mass is 431 g/mol. The zero-order valence-electron chi connectivity index (χ0n) is 15.1. The van der Waals surface area contributed by atoms with Crippen molar-refractivity contribution in [1.29, 1.82) is 0 Å². The lowest BCUT2D eigenvalue weighted by Gasteiger charge is -2.30. The normalized spacial score (nSPS) is 13.7. The molecule has 4 rings (SSSR count). The molecule has 2 aromatic carbocycles. The van der Waals surface area contributed by atoms with Crippen LogP contribution in [0.1, 0.15) is 10.4 Å². The fourth-order valence-electron chi connectivity index (χ4n) is 3.31. The molecule has 0 atom stereocenters. The lowest BCUT2D eigenvalue weighted by atomic mass is 10.1. The molecule has 0 saturated carbocycles. The predicted molar refractivity (Wildman–Crippen MR) is 111 cm³/mol. The maximum Gasteiger partial charge on any atom is 0.312 e. The first-order chi connectivity index (χ1) is 13.8. The van der Waals surface area contributed by atoms with E-state index in [-0.39, 0.29) is 4.90 Å². The topological polar surface area (TPSA) is 113 Å². The Bertz CT molecular complexity index is 1190. The number of rotatable bonds is 5. The summed E-state index contributed by atoms with van der Waals surface area (Å²) in [5.41, 5.74) is 1.69. The van der Waals surface area contributed by atoms with Crippen molar-refractivity contribution in [2.45, 2.75) is 17.9 Å². The number of nitrogens with zero attached hydrogens (tertiary/aromatic N) is 2. The number of nitrogens with one attached hydrogen (secondary N) is 1. The third-order valence-corrected chi connectivity index (χ3v) is 7.14. The molecule has 0 unspecified atom stereocenters. The van der Waals surface area contributed by atoms with Crippen LogP contribution in [0.4, 0.5) is 17.1 Å². The number of sulfonamides is 1. The number of para-hydroxylation sites is 2. The van der Waals surface area contributed by atoms with Crippen LogP contribution < -0.4 is 9.62 Å². The van der Waals surface area contributed by atoms with Crippen molar-refractivity contribution in [3.05, 3.63) is 74.5 Å². The van der Waals surface area contributed by atoms with Crippen LogP contribution in [0, 0.1) is 10.1 Å². The molecule has 0 bridgehead atoms. The van der Waals surface area contributed by atoms with Gasteiger partial charge in [0.25, 0.3) is 10.0 Å². The van der Waals surface area contributed by atoms with Crippen molar-refractivity contribution in [2.24, 2.45) is 0 Å². The quantitative estimate of drug-likeness (QED) is 0.470. The average molecular weight is 431 g/mol. The third-order valence-electron chi connectivity index (χ3n) is 4.75.